The minimum atomic E-state index is -0.581. The number of aldehydes is 1. The van der Waals surface area contributed by atoms with Crippen molar-refractivity contribution in [3.8, 4) is 0 Å². The van der Waals surface area contributed by atoms with Gasteiger partial charge in [0.15, 0.2) is 0 Å². The summed E-state index contributed by atoms with van der Waals surface area (Å²) in [6.07, 6.45) is 5.19. The highest BCUT2D eigenvalue weighted by molar-refractivity contribution is 5.88. The Bertz CT molecular complexity index is 359. The molecule has 0 fully saturated rings. The minimum Gasteiger partial charge on any atom is -0.348 e. The highest BCUT2D eigenvalue weighted by atomic mass is 16.2. The van der Waals surface area contributed by atoms with Gasteiger partial charge in [-0.1, -0.05) is 47.5 Å². The molecule has 22 heavy (non-hydrogen) atoms. The van der Waals surface area contributed by atoms with Gasteiger partial charge in [0.25, 0.3) is 0 Å². The van der Waals surface area contributed by atoms with Gasteiger partial charge >= 0.3 is 0 Å². The van der Waals surface area contributed by atoms with E-state index in [9.17, 15) is 14.4 Å². The van der Waals surface area contributed by atoms with E-state index in [1.807, 2.05) is 13.8 Å². The van der Waals surface area contributed by atoms with Crippen LogP contribution >= 0.6 is 0 Å². The van der Waals surface area contributed by atoms with Crippen LogP contribution in [0.25, 0.3) is 0 Å². The molecule has 2 amide bonds. The maximum atomic E-state index is 11.9. The Morgan fingerprint density at radius 2 is 1.73 bits per heavy atom. The highest BCUT2D eigenvalue weighted by Gasteiger charge is 2.23. The highest BCUT2D eigenvalue weighted by Crippen LogP contribution is 2.22. The summed E-state index contributed by atoms with van der Waals surface area (Å²) in [6.45, 7) is 10.4. The molecule has 1 unspecified atom stereocenters. The zero-order valence-corrected chi connectivity index (χ0v) is 14.7. The first-order chi connectivity index (χ1) is 10.2. The Morgan fingerprint density at radius 3 is 2.23 bits per heavy atom. The van der Waals surface area contributed by atoms with Crippen LogP contribution < -0.4 is 10.6 Å². The van der Waals surface area contributed by atoms with Crippen molar-refractivity contribution in [1.82, 2.24) is 10.6 Å². The van der Waals surface area contributed by atoms with E-state index in [1.54, 1.807) is 0 Å². The summed E-state index contributed by atoms with van der Waals surface area (Å²) < 4.78 is 0. The molecule has 0 aromatic rings. The van der Waals surface area contributed by atoms with Crippen LogP contribution in [0.3, 0.4) is 0 Å². The van der Waals surface area contributed by atoms with Crippen LogP contribution in [0.4, 0.5) is 0 Å². The van der Waals surface area contributed by atoms with Crippen LogP contribution in [0.15, 0.2) is 0 Å². The van der Waals surface area contributed by atoms with Crippen LogP contribution in [0.1, 0.15) is 66.7 Å². The lowest BCUT2D eigenvalue weighted by Gasteiger charge is -2.21. The molecular formula is C17H32N2O3. The zero-order chi connectivity index (χ0) is 17.2. The lowest BCUT2D eigenvalue weighted by atomic mass is 9.89. The quantitative estimate of drug-likeness (QED) is 0.480. The third-order valence-corrected chi connectivity index (χ3v) is 3.46. The van der Waals surface area contributed by atoms with E-state index >= 15 is 0 Å². The van der Waals surface area contributed by atoms with Crippen LogP contribution in [0, 0.1) is 11.3 Å². The Hall–Kier alpha value is -1.39. The van der Waals surface area contributed by atoms with E-state index < -0.39 is 6.04 Å². The number of hydrogen-bond donors (Lipinski definition) is 2. The largest absolute Gasteiger partial charge is 0.348 e. The normalized spacial score (nSPS) is 12.8. The van der Waals surface area contributed by atoms with Crippen molar-refractivity contribution in [3.05, 3.63) is 0 Å². The Balaban J connectivity index is 4.08. The molecule has 0 aliphatic rings. The smallest absolute Gasteiger partial charge is 0.243 e. The van der Waals surface area contributed by atoms with Gasteiger partial charge in [0.2, 0.25) is 11.8 Å². The SMILES string of the molecule is CC(C)C(NC(=O)CCCCCC(C)(C)C)C(=O)NCC=O. The zero-order valence-electron chi connectivity index (χ0n) is 14.7. The molecule has 0 aromatic heterocycles. The van der Waals surface area contributed by atoms with Crippen LogP contribution in [-0.4, -0.2) is 30.7 Å². The molecule has 0 rings (SSSR count). The van der Waals surface area contributed by atoms with Crippen molar-refractivity contribution >= 4 is 18.1 Å². The first kappa shape index (κ1) is 20.6. The molecule has 0 saturated carbocycles. The van der Waals surface area contributed by atoms with Crippen molar-refractivity contribution < 1.29 is 14.4 Å². The molecule has 0 saturated heterocycles. The number of hydrogen-bond acceptors (Lipinski definition) is 3. The van der Waals surface area contributed by atoms with Crippen molar-refractivity contribution in [2.75, 3.05) is 6.54 Å². The second-order valence-electron chi connectivity index (χ2n) is 7.32. The number of nitrogens with one attached hydrogen (secondary N) is 2. The topological polar surface area (TPSA) is 75.3 Å². The van der Waals surface area contributed by atoms with E-state index in [1.165, 1.54) is 0 Å². The standard InChI is InChI=1S/C17H32N2O3/c1-13(2)15(16(22)18-11-12-20)19-14(21)9-7-6-8-10-17(3,4)5/h12-13,15H,6-11H2,1-5H3,(H,18,22)(H,19,21). The first-order valence-corrected chi connectivity index (χ1v) is 8.18. The molecule has 0 aliphatic carbocycles. The molecule has 5 nitrogen and oxygen atoms in total. The molecule has 0 heterocycles. The first-order valence-electron chi connectivity index (χ1n) is 8.18. The van der Waals surface area contributed by atoms with Gasteiger partial charge in [0.05, 0.1) is 6.54 Å². The van der Waals surface area contributed by atoms with Crippen molar-refractivity contribution in [3.63, 3.8) is 0 Å². The maximum Gasteiger partial charge on any atom is 0.243 e. The van der Waals surface area contributed by atoms with Crippen molar-refractivity contribution in [2.24, 2.45) is 11.3 Å². The van der Waals surface area contributed by atoms with Gasteiger partial charge in [-0.2, -0.15) is 0 Å². The third-order valence-electron chi connectivity index (χ3n) is 3.46. The predicted molar refractivity (Wildman–Crippen MR) is 88.4 cm³/mol. The molecule has 0 aromatic carbocycles. The molecule has 1 atom stereocenters. The summed E-state index contributed by atoms with van der Waals surface area (Å²) >= 11 is 0. The predicted octanol–water partition coefficient (Wildman–Crippen LogP) is 2.44. The fourth-order valence-electron chi connectivity index (χ4n) is 2.15. The molecule has 0 radical (unpaired) electrons. The lowest BCUT2D eigenvalue weighted by Crippen LogP contribution is -2.50. The summed E-state index contributed by atoms with van der Waals surface area (Å²) in [5.41, 5.74) is 0.335. The fourth-order valence-corrected chi connectivity index (χ4v) is 2.15. The van der Waals surface area contributed by atoms with E-state index in [0.717, 1.165) is 25.7 Å². The van der Waals surface area contributed by atoms with Gasteiger partial charge < -0.3 is 15.4 Å². The van der Waals surface area contributed by atoms with E-state index in [2.05, 4.69) is 31.4 Å². The molecular weight excluding hydrogens is 280 g/mol. The minimum absolute atomic E-state index is 0.0171. The number of amides is 2. The summed E-state index contributed by atoms with van der Waals surface area (Å²) in [4.78, 5) is 34.1. The van der Waals surface area contributed by atoms with Crippen LogP contribution in [0.2, 0.25) is 0 Å². The third kappa shape index (κ3) is 10.4. The van der Waals surface area contributed by atoms with Gasteiger partial charge in [-0.05, 0) is 24.2 Å². The van der Waals surface area contributed by atoms with Gasteiger partial charge in [-0.15, -0.1) is 0 Å². The van der Waals surface area contributed by atoms with Crippen LogP contribution in [-0.2, 0) is 14.4 Å². The fraction of sp³-hybridized carbons (Fsp3) is 0.824. The van der Waals surface area contributed by atoms with Gasteiger partial charge in [-0.3, -0.25) is 9.59 Å². The van der Waals surface area contributed by atoms with Gasteiger partial charge in [0, 0.05) is 6.42 Å². The van der Waals surface area contributed by atoms with Crippen LogP contribution in [0.5, 0.6) is 0 Å². The molecule has 0 bridgehead atoms. The number of unbranched alkanes of at least 4 members (excludes halogenated alkanes) is 2. The molecule has 2 N–H and O–H groups in total. The monoisotopic (exact) mass is 312 g/mol. The Labute approximate surface area is 134 Å². The summed E-state index contributed by atoms with van der Waals surface area (Å²) in [5.74, 6) is -0.421. The maximum absolute atomic E-state index is 11.9. The molecule has 0 spiro atoms. The van der Waals surface area contributed by atoms with Crippen molar-refractivity contribution in [2.45, 2.75) is 72.8 Å². The summed E-state index contributed by atoms with van der Waals surface area (Å²) in [5, 5.41) is 5.26. The van der Waals surface area contributed by atoms with Gasteiger partial charge in [0.1, 0.15) is 12.3 Å². The van der Waals surface area contributed by atoms with E-state index in [0.29, 0.717) is 18.1 Å². The Kier molecular flexibility index (Phi) is 9.70. The average molecular weight is 312 g/mol. The molecule has 128 valence electrons. The second-order valence-corrected chi connectivity index (χ2v) is 7.32. The second kappa shape index (κ2) is 10.4. The van der Waals surface area contributed by atoms with E-state index in [-0.39, 0.29) is 24.3 Å². The number of rotatable bonds is 10. The molecule has 0 aliphatic heterocycles. The summed E-state index contributed by atoms with van der Waals surface area (Å²) in [7, 11) is 0. The average Bonchev–Trinajstić information content (AvgIpc) is 2.40. The van der Waals surface area contributed by atoms with E-state index in [4.69, 9.17) is 0 Å². The molecule has 5 heteroatoms. The Morgan fingerprint density at radius 1 is 1.09 bits per heavy atom. The number of carbonyl (C=O) groups is 3. The van der Waals surface area contributed by atoms with Crippen molar-refractivity contribution in [1.29, 1.82) is 0 Å². The number of carbonyl (C=O) groups excluding carboxylic acids is 3. The lowest BCUT2D eigenvalue weighted by molar-refractivity contribution is -0.130. The van der Waals surface area contributed by atoms with Gasteiger partial charge in [-0.25, -0.2) is 0 Å². The summed E-state index contributed by atoms with van der Waals surface area (Å²) in [6, 6.07) is -0.581.